The van der Waals surface area contributed by atoms with Crippen LogP contribution >= 0.6 is 12.6 Å². The predicted octanol–water partition coefficient (Wildman–Crippen LogP) is 0.292. The number of nitrogens with one attached hydrogen (secondary N) is 2. The summed E-state index contributed by atoms with van der Waals surface area (Å²) in [6.45, 7) is 3.70. The number of amides is 2. The zero-order valence-corrected chi connectivity index (χ0v) is 16.3. The van der Waals surface area contributed by atoms with Crippen molar-refractivity contribution in [2.45, 2.75) is 44.8 Å². The Morgan fingerprint density at radius 2 is 1.63 bits per heavy atom. The SMILES string of the molecule is CC(C)C[C@H](NC(=O)[C@H](CS)NC(=O)[C@@H](N)Cc1ccc(O)cc1)C(=O)O. The zero-order chi connectivity index (χ0) is 20.6. The summed E-state index contributed by atoms with van der Waals surface area (Å²) in [6, 6.07) is 3.33. The maximum absolute atomic E-state index is 12.3. The Morgan fingerprint density at radius 3 is 2.11 bits per heavy atom. The lowest BCUT2D eigenvalue weighted by molar-refractivity contribution is -0.142. The number of nitrogens with two attached hydrogens (primary N) is 1. The molecular weight excluding hydrogens is 370 g/mol. The Kier molecular flexibility index (Phi) is 9.10. The van der Waals surface area contributed by atoms with Crippen LogP contribution < -0.4 is 16.4 Å². The molecule has 27 heavy (non-hydrogen) atoms. The van der Waals surface area contributed by atoms with Crippen LogP contribution in [0.25, 0.3) is 0 Å². The van der Waals surface area contributed by atoms with Crippen LogP contribution in [-0.2, 0) is 20.8 Å². The summed E-state index contributed by atoms with van der Waals surface area (Å²) in [5.74, 6) is -2.12. The molecule has 1 aromatic carbocycles. The Morgan fingerprint density at radius 1 is 1.07 bits per heavy atom. The van der Waals surface area contributed by atoms with E-state index in [0.717, 1.165) is 5.56 Å². The summed E-state index contributed by atoms with van der Waals surface area (Å²) in [7, 11) is 0. The van der Waals surface area contributed by atoms with Crippen LogP contribution in [0.15, 0.2) is 24.3 Å². The molecule has 0 aromatic heterocycles. The summed E-state index contributed by atoms with van der Waals surface area (Å²) >= 11 is 4.06. The molecule has 9 heteroatoms. The van der Waals surface area contributed by atoms with Gasteiger partial charge < -0.3 is 26.6 Å². The fraction of sp³-hybridized carbons (Fsp3) is 0.500. The van der Waals surface area contributed by atoms with Crippen molar-refractivity contribution in [2.75, 3.05) is 5.75 Å². The first-order chi connectivity index (χ1) is 12.6. The molecule has 0 radical (unpaired) electrons. The van der Waals surface area contributed by atoms with Gasteiger partial charge in [-0.25, -0.2) is 4.79 Å². The van der Waals surface area contributed by atoms with Gasteiger partial charge in [0, 0.05) is 5.75 Å². The van der Waals surface area contributed by atoms with Crippen LogP contribution in [-0.4, -0.2) is 51.9 Å². The van der Waals surface area contributed by atoms with E-state index >= 15 is 0 Å². The summed E-state index contributed by atoms with van der Waals surface area (Å²) in [5.41, 5.74) is 6.64. The van der Waals surface area contributed by atoms with E-state index in [1.54, 1.807) is 12.1 Å². The molecule has 0 heterocycles. The quantitative estimate of drug-likeness (QED) is 0.314. The van der Waals surface area contributed by atoms with Crippen molar-refractivity contribution >= 4 is 30.4 Å². The van der Waals surface area contributed by atoms with Crippen molar-refractivity contribution in [3.8, 4) is 5.75 Å². The lowest BCUT2D eigenvalue weighted by atomic mass is 10.0. The van der Waals surface area contributed by atoms with Crippen LogP contribution in [0.4, 0.5) is 0 Å². The van der Waals surface area contributed by atoms with E-state index in [2.05, 4.69) is 23.3 Å². The lowest BCUT2D eigenvalue weighted by Gasteiger charge is -2.22. The van der Waals surface area contributed by atoms with Crippen molar-refractivity contribution < 1.29 is 24.6 Å². The second-order valence-corrected chi connectivity index (χ2v) is 7.11. The Balaban J connectivity index is 2.66. The molecule has 6 N–H and O–H groups in total. The smallest absolute Gasteiger partial charge is 0.326 e. The molecule has 3 atom stereocenters. The van der Waals surface area contributed by atoms with E-state index < -0.39 is 35.9 Å². The number of rotatable bonds is 10. The normalized spacial score (nSPS) is 14.3. The first-order valence-electron chi connectivity index (χ1n) is 8.62. The number of aromatic hydroxyl groups is 1. The average Bonchev–Trinajstić information content (AvgIpc) is 2.60. The van der Waals surface area contributed by atoms with Gasteiger partial charge in [-0.05, 0) is 36.5 Å². The third kappa shape index (κ3) is 7.88. The Labute approximate surface area is 163 Å². The molecule has 1 aromatic rings. The standard InChI is InChI=1S/C18H27N3O5S/c1-10(2)7-14(18(25)26)20-17(24)15(9-27)21-16(23)13(19)8-11-3-5-12(22)6-4-11/h3-6,10,13-15,22,27H,7-9,19H2,1-2H3,(H,20,24)(H,21,23)(H,25,26)/t13-,14-,15-/m0/s1. The molecule has 0 saturated heterocycles. The fourth-order valence-corrected chi connectivity index (χ4v) is 2.67. The molecule has 0 aliphatic carbocycles. The van der Waals surface area contributed by atoms with Crippen molar-refractivity contribution in [2.24, 2.45) is 11.7 Å². The van der Waals surface area contributed by atoms with Crippen LogP contribution in [0.5, 0.6) is 5.75 Å². The van der Waals surface area contributed by atoms with Gasteiger partial charge in [-0.15, -0.1) is 0 Å². The minimum absolute atomic E-state index is 0.00246. The molecule has 8 nitrogen and oxygen atoms in total. The van der Waals surface area contributed by atoms with Gasteiger partial charge in [0.15, 0.2) is 0 Å². The number of thiol groups is 1. The molecule has 0 unspecified atom stereocenters. The summed E-state index contributed by atoms with van der Waals surface area (Å²) < 4.78 is 0. The van der Waals surface area contributed by atoms with Gasteiger partial charge in [0.1, 0.15) is 17.8 Å². The molecule has 0 saturated carbocycles. The first kappa shape index (κ1) is 22.8. The maximum atomic E-state index is 12.3. The average molecular weight is 397 g/mol. The molecule has 0 bridgehead atoms. The van der Waals surface area contributed by atoms with E-state index in [-0.39, 0.29) is 30.3 Å². The minimum atomic E-state index is -1.13. The highest BCUT2D eigenvalue weighted by Gasteiger charge is 2.27. The topological polar surface area (TPSA) is 142 Å². The van der Waals surface area contributed by atoms with Crippen molar-refractivity contribution in [3.05, 3.63) is 29.8 Å². The number of carbonyl (C=O) groups is 3. The van der Waals surface area contributed by atoms with E-state index in [0.29, 0.717) is 0 Å². The highest BCUT2D eigenvalue weighted by Crippen LogP contribution is 2.11. The number of hydrogen-bond acceptors (Lipinski definition) is 6. The number of phenols is 1. The molecule has 2 amide bonds. The van der Waals surface area contributed by atoms with Crippen LogP contribution in [0.3, 0.4) is 0 Å². The summed E-state index contributed by atoms with van der Waals surface area (Å²) in [5, 5.41) is 23.4. The highest BCUT2D eigenvalue weighted by atomic mass is 32.1. The molecule has 0 aliphatic rings. The molecule has 150 valence electrons. The van der Waals surface area contributed by atoms with E-state index in [4.69, 9.17) is 5.73 Å². The summed E-state index contributed by atoms with van der Waals surface area (Å²) in [6.07, 6.45) is 0.493. The maximum Gasteiger partial charge on any atom is 0.326 e. The van der Waals surface area contributed by atoms with Gasteiger partial charge in [0.25, 0.3) is 0 Å². The number of phenolic OH excluding ortho intramolecular Hbond substituents is 1. The molecular formula is C18H27N3O5S. The largest absolute Gasteiger partial charge is 0.508 e. The van der Waals surface area contributed by atoms with Crippen molar-refractivity contribution in [1.82, 2.24) is 10.6 Å². The van der Waals surface area contributed by atoms with Crippen molar-refractivity contribution in [1.29, 1.82) is 0 Å². The summed E-state index contributed by atoms with van der Waals surface area (Å²) in [4.78, 5) is 35.9. The van der Waals surface area contributed by atoms with Gasteiger partial charge in [-0.3, -0.25) is 9.59 Å². The second kappa shape index (κ2) is 10.8. The number of carboxylic acid groups (broad SMARTS) is 1. The number of carboxylic acids is 1. The van der Waals surface area contributed by atoms with Gasteiger partial charge in [0.05, 0.1) is 6.04 Å². The van der Waals surface area contributed by atoms with Gasteiger partial charge in [0.2, 0.25) is 11.8 Å². The predicted molar refractivity (Wildman–Crippen MR) is 105 cm³/mol. The van der Waals surface area contributed by atoms with Gasteiger partial charge in [-0.2, -0.15) is 12.6 Å². The lowest BCUT2D eigenvalue weighted by Crippen LogP contribution is -2.55. The highest BCUT2D eigenvalue weighted by molar-refractivity contribution is 7.80. The van der Waals surface area contributed by atoms with E-state index in [1.807, 2.05) is 13.8 Å². The minimum Gasteiger partial charge on any atom is -0.508 e. The van der Waals surface area contributed by atoms with Crippen molar-refractivity contribution in [3.63, 3.8) is 0 Å². The first-order valence-corrected chi connectivity index (χ1v) is 9.25. The van der Waals surface area contributed by atoms with Crippen LogP contribution in [0.2, 0.25) is 0 Å². The monoisotopic (exact) mass is 397 g/mol. The molecule has 0 fully saturated rings. The second-order valence-electron chi connectivity index (χ2n) is 6.75. The third-order valence-corrected chi connectivity index (χ3v) is 4.23. The molecule has 1 rings (SSSR count). The third-order valence-electron chi connectivity index (χ3n) is 3.87. The number of aliphatic carboxylic acids is 1. The molecule has 0 spiro atoms. The van der Waals surface area contributed by atoms with E-state index in [9.17, 15) is 24.6 Å². The van der Waals surface area contributed by atoms with Gasteiger partial charge in [-0.1, -0.05) is 26.0 Å². The number of benzene rings is 1. The Hall–Kier alpha value is -2.26. The zero-order valence-electron chi connectivity index (χ0n) is 15.4. The number of carbonyl (C=O) groups excluding carboxylic acids is 2. The fourth-order valence-electron chi connectivity index (χ4n) is 2.42. The molecule has 0 aliphatic heterocycles. The van der Waals surface area contributed by atoms with Crippen LogP contribution in [0.1, 0.15) is 25.8 Å². The number of hydrogen-bond donors (Lipinski definition) is 6. The van der Waals surface area contributed by atoms with Crippen LogP contribution in [0, 0.1) is 5.92 Å². The van der Waals surface area contributed by atoms with E-state index in [1.165, 1.54) is 12.1 Å². The Bertz CT molecular complexity index is 651. The van der Waals surface area contributed by atoms with Gasteiger partial charge >= 0.3 is 5.97 Å².